The molecule has 3 rings (SSSR count). The summed E-state index contributed by atoms with van der Waals surface area (Å²) in [5.41, 5.74) is -0.0101. The van der Waals surface area contributed by atoms with Crippen molar-refractivity contribution in [2.45, 2.75) is 19.1 Å². The molecule has 0 aromatic heterocycles. The summed E-state index contributed by atoms with van der Waals surface area (Å²) in [6.45, 7) is 2.44. The molecule has 0 N–H and O–H groups in total. The molecule has 2 fully saturated rings. The van der Waals surface area contributed by atoms with E-state index >= 15 is 0 Å². The normalized spacial score (nSPS) is 21.7. The standard InChI is InChI=1S/C16H20N2O6/c19-15(11-24-14-5-3-13(4-6-14)18(20)21)17-7-1-2-12(10-17)16-22-8-9-23-16/h3-6,12,16H,1-2,7-11H2. The first-order valence-electron chi connectivity index (χ1n) is 8.02. The quantitative estimate of drug-likeness (QED) is 0.599. The fourth-order valence-electron chi connectivity index (χ4n) is 3.01. The highest BCUT2D eigenvalue weighted by Gasteiger charge is 2.32. The molecule has 0 bridgehead atoms. The van der Waals surface area contributed by atoms with Gasteiger partial charge in [-0.2, -0.15) is 0 Å². The van der Waals surface area contributed by atoms with Gasteiger partial charge in [0.2, 0.25) is 0 Å². The molecule has 0 aliphatic carbocycles. The number of amides is 1. The van der Waals surface area contributed by atoms with Gasteiger partial charge >= 0.3 is 0 Å². The summed E-state index contributed by atoms with van der Waals surface area (Å²) in [5, 5.41) is 10.6. The molecule has 1 aromatic rings. The first-order valence-corrected chi connectivity index (χ1v) is 8.02. The number of ether oxygens (including phenoxy) is 3. The van der Waals surface area contributed by atoms with E-state index in [0.29, 0.717) is 32.1 Å². The molecule has 1 unspecified atom stereocenters. The van der Waals surface area contributed by atoms with Crippen LogP contribution in [0.1, 0.15) is 12.8 Å². The first kappa shape index (κ1) is 16.7. The van der Waals surface area contributed by atoms with Crippen molar-refractivity contribution in [3.8, 4) is 5.75 Å². The van der Waals surface area contributed by atoms with Gasteiger partial charge < -0.3 is 19.1 Å². The Hall–Kier alpha value is -2.19. The third kappa shape index (κ3) is 4.01. The maximum absolute atomic E-state index is 12.3. The number of carbonyl (C=O) groups is 1. The Kier molecular flexibility index (Phi) is 5.27. The van der Waals surface area contributed by atoms with E-state index in [1.54, 1.807) is 4.90 Å². The van der Waals surface area contributed by atoms with Crippen LogP contribution in [-0.4, -0.2) is 54.9 Å². The summed E-state index contributed by atoms with van der Waals surface area (Å²) in [7, 11) is 0. The maximum atomic E-state index is 12.3. The molecule has 24 heavy (non-hydrogen) atoms. The van der Waals surface area contributed by atoms with E-state index in [-0.39, 0.29) is 30.4 Å². The average molecular weight is 336 g/mol. The molecule has 0 radical (unpaired) electrons. The molecule has 130 valence electrons. The first-order chi connectivity index (χ1) is 11.6. The Balaban J connectivity index is 1.49. The number of non-ortho nitro benzene ring substituents is 1. The molecule has 0 spiro atoms. The SMILES string of the molecule is O=C(COc1ccc([N+](=O)[O-])cc1)N1CCCC(C2OCCO2)C1. The van der Waals surface area contributed by atoms with Gasteiger partial charge in [-0.1, -0.05) is 0 Å². The number of hydrogen-bond acceptors (Lipinski definition) is 6. The summed E-state index contributed by atoms with van der Waals surface area (Å²) in [4.78, 5) is 24.2. The van der Waals surface area contributed by atoms with Crippen molar-refractivity contribution in [2.24, 2.45) is 5.92 Å². The fourth-order valence-corrected chi connectivity index (χ4v) is 3.01. The van der Waals surface area contributed by atoms with Crippen molar-refractivity contribution in [1.82, 2.24) is 4.90 Å². The smallest absolute Gasteiger partial charge is 0.269 e. The van der Waals surface area contributed by atoms with Crippen LogP contribution in [0.3, 0.4) is 0 Å². The number of likely N-dealkylation sites (tertiary alicyclic amines) is 1. The third-order valence-corrected chi connectivity index (χ3v) is 4.25. The lowest BCUT2D eigenvalue weighted by molar-refractivity contribution is -0.384. The van der Waals surface area contributed by atoms with Crippen LogP contribution in [0.2, 0.25) is 0 Å². The van der Waals surface area contributed by atoms with E-state index < -0.39 is 4.92 Å². The lowest BCUT2D eigenvalue weighted by Crippen LogP contribution is -2.45. The van der Waals surface area contributed by atoms with E-state index in [2.05, 4.69) is 0 Å². The summed E-state index contributed by atoms with van der Waals surface area (Å²) >= 11 is 0. The van der Waals surface area contributed by atoms with Crippen LogP contribution in [-0.2, 0) is 14.3 Å². The van der Waals surface area contributed by atoms with E-state index in [1.165, 1.54) is 24.3 Å². The van der Waals surface area contributed by atoms with Crippen LogP contribution in [0, 0.1) is 16.0 Å². The van der Waals surface area contributed by atoms with Gasteiger partial charge in [-0.25, -0.2) is 0 Å². The van der Waals surface area contributed by atoms with Crippen molar-refractivity contribution in [1.29, 1.82) is 0 Å². The van der Waals surface area contributed by atoms with Crippen LogP contribution >= 0.6 is 0 Å². The Morgan fingerprint density at radius 3 is 2.67 bits per heavy atom. The lowest BCUT2D eigenvalue weighted by Gasteiger charge is -2.34. The monoisotopic (exact) mass is 336 g/mol. The number of carbonyl (C=O) groups excluding carboxylic acids is 1. The highest BCUT2D eigenvalue weighted by molar-refractivity contribution is 5.77. The Labute approximate surface area is 139 Å². The minimum absolute atomic E-state index is 0.0101. The second kappa shape index (κ2) is 7.59. The Morgan fingerprint density at radius 2 is 2.00 bits per heavy atom. The molecular formula is C16H20N2O6. The summed E-state index contributed by atoms with van der Waals surface area (Å²) in [6, 6.07) is 5.69. The van der Waals surface area contributed by atoms with Crippen LogP contribution in [0.4, 0.5) is 5.69 Å². The van der Waals surface area contributed by atoms with Crippen LogP contribution in [0.25, 0.3) is 0 Å². The van der Waals surface area contributed by atoms with E-state index in [4.69, 9.17) is 14.2 Å². The predicted octanol–water partition coefficient (Wildman–Crippen LogP) is 1.59. The van der Waals surface area contributed by atoms with Gasteiger partial charge in [0.25, 0.3) is 11.6 Å². The topological polar surface area (TPSA) is 91.1 Å². The molecule has 1 aromatic carbocycles. The van der Waals surface area contributed by atoms with Crippen LogP contribution < -0.4 is 4.74 Å². The highest BCUT2D eigenvalue weighted by Crippen LogP contribution is 2.25. The molecule has 8 heteroatoms. The van der Waals surface area contributed by atoms with Gasteiger partial charge in [0.1, 0.15) is 5.75 Å². The molecule has 8 nitrogen and oxygen atoms in total. The van der Waals surface area contributed by atoms with Crippen molar-refractivity contribution in [2.75, 3.05) is 32.9 Å². The van der Waals surface area contributed by atoms with Gasteiger partial charge in [-0.05, 0) is 25.0 Å². The second-order valence-corrected chi connectivity index (χ2v) is 5.89. The number of piperidine rings is 1. The number of nitro benzene ring substituents is 1. The minimum Gasteiger partial charge on any atom is -0.484 e. The summed E-state index contributed by atoms with van der Waals surface area (Å²) in [5.74, 6) is 0.533. The largest absolute Gasteiger partial charge is 0.484 e. The molecule has 2 saturated heterocycles. The number of hydrogen-bond donors (Lipinski definition) is 0. The van der Waals surface area contributed by atoms with E-state index in [9.17, 15) is 14.9 Å². The second-order valence-electron chi connectivity index (χ2n) is 5.89. The Bertz CT molecular complexity index is 585. The van der Waals surface area contributed by atoms with Crippen molar-refractivity contribution in [3.05, 3.63) is 34.4 Å². The predicted molar refractivity (Wildman–Crippen MR) is 83.6 cm³/mol. The van der Waals surface area contributed by atoms with Gasteiger partial charge in [-0.15, -0.1) is 0 Å². The summed E-state index contributed by atoms with van der Waals surface area (Å²) in [6.07, 6.45) is 1.69. The number of nitro groups is 1. The molecule has 1 atom stereocenters. The van der Waals surface area contributed by atoms with Crippen molar-refractivity contribution < 1.29 is 23.9 Å². The van der Waals surface area contributed by atoms with Gasteiger partial charge in [0.15, 0.2) is 12.9 Å². The average Bonchev–Trinajstić information content (AvgIpc) is 3.15. The Morgan fingerprint density at radius 1 is 1.29 bits per heavy atom. The fraction of sp³-hybridized carbons (Fsp3) is 0.562. The molecule has 1 amide bonds. The molecule has 2 aliphatic heterocycles. The molecule has 2 heterocycles. The van der Waals surface area contributed by atoms with Gasteiger partial charge in [0, 0.05) is 31.1 Å². The molecule has 2 aliphatic rings. The number of nitrogens with zero attached hydrogens (tertiary/aromatic N) is 2. The van der Waals surface area contributed by atoms with E-state index in [0.717, 1.165) is 12.8 Å². The summed E-state index contributed by atoms with van der Waals surface area (Å²) < 4.78 is 16.5. The van der Waals surface area contributed by atoms with Gasteiger partial charge in [0.05, 0.1) is 18.1 Å². The zero-order valence-corrected chi connectivity index (χ0v) is 13.3. The van der Waals surface area contributed by atoms with Gasteiger partial charge in [-0.3, -0.25) is 14.9 Å². The molecular weight excluding hydrogens is 316 g/mol. The third-order valence-electron chi connectivity index (χ3n) is 4.25. The zero-order chi connectivity index (χ0) is 16.9. The number of benzene rings is 1. The lowest BCUT2D eigenvalue weighted by atomic mass is 9.97. The highest BCUT2D eigenvalue weighted by atomic mass is 16.7. The minimum atomic E-state index is -0.476. The van der Waals surface area contributed by atoms with Crippen molar-refractivity contribution >= 4 is 11.6 Å². The maximum Gasteiger partial charge on any atom is 0.269 e. The van der Waals surface area contributed by atoms with Crippen LogP contribution in [0.5, 0.6) is 5.75 Å². The zero-order valence-electron chi connectivity index (χ0n) is 13.3. The van der Waals surface area contributed by atoms with Crippen molar-refractivity contribution in [3.63, 3.8) is 0 Å². The number of rotatable bonds is 5. The molecule has 0 saturated carbocycles. The van der Waals surface area contributed by atoms with Crippen LogP contribution in [0.15, 0.2) is 24.3 Å². The van der Waals surface area contributed by atoms with E-state index in [1.807, 2.05) is 0 Å².